The lowest BCUT2D eigenvalue weighted by molar-refractivity contribution is -0.312. The number of hydrogen-bond acceptors (Lipinski definition) is 3. The molecule has 0 spiro atoms. The average molecular weight is 340 g/mol. The number of carbonyl (C=O) groups excluding carboxylic acids is 1. The molecule has 1 heterocycles. The molecule has 0 radical (unpaired) electrons. The third kappa shape index (κ3) is 2.51. The highest BCUT2D eigenvalue weighted by Gasteiger charge is 2.68. The van der Waals surface area contributed by atoms with Gasteiger partial charge in [-0.25, -0.2) is 0 Å². The minimum absolute atomic E-state index is 0.112. The van der Waals surface area contributed by atoms with Crippen molar-refractivity contribution < 1.29 is 23.1 Å². The molecular weight excluding hydrogens is 321 g/mol. The standard InChI is InChI=1S/C17H19F3N2O2/c1-11-7-5-6-8-12(11)15(23)22-16(24,17(18,19)20)13-9-3-2-4-10-14(13)21-22/h5-8,13,24H,2-4,9-10H2,1H3/t13-,16-/m1/s1. The molecule has 1 amide bonds. The van der Waals surface area contributed by atoms with Crippen molar-refractivity contribution in [2.75, 3.05) is 0 Å². The van der Waals surface area contributed by atoms with E-state index in [1.807, 2.05) is 0 Å². The van der Waals surface area contributed by atoms with Gasteiger partial charge in [0.15, 0.2) is 0 Å². The highest BCUT2D eigenvalue weighted by Crippen LogP contribution is 2.48. The van der Waals surface area contributed by atoms with E-state index in [0.29, 0.717) is 18.4 Å². The van der Waals surface area contributed by atoms with Crippen molar-refractivity contribution in [1.29, 1.82) is 0 Å². The molecule has 0 bridgehead atoms. The maximum absolute atomic E-state index is 13.8. The van der Waals surface area contributed by atoms with Gasteiger partial charge < -0.3 is 5.11 Å². The van der Waals surface area contributed by atoms with E-state index in [9.17, 15) is 23.1 Å². The Morgan fingerprint density at radius 3 is 2.67 bits per heavy atom. The van der Waals surface area contributed by atoms with E-state index in [-0.39, 0.29) is 22.7 Å². The van der Waals surface area contributed by atoms with Crippen LogP contribution in [0, 0.1) is 12.8 Å². The molecule has 130 valence electrons. The van der Waals surface area contributed by atoms with E-state index in [1.165, 1.54) is 6.07 Å². The second kappa shape index (κ2) is 5.88. The molecule has 1 N–H and O–H groups in total. The normalized spacial score (nSPS) is 27.5. The number of halogens is 3. The molecule has 4 nitrogen and oxygen atoms in total. The summed E-state index contributed by atoms with van der Waals surface area (Å²) in [6.45, 7) is 1.64. The minimum Gasteiger partial charge on any atom is -0.362 e. The summed E-state index contributed by atoms with van der Waals surface area (Å²) in [4.78, 5) is 12.7. The molecule has 1 aromatic rings. The van der Waals surface area contributed by atoms with Gasteiger partial charge in [-0.3, -0.25) is 4.79 Å². The third-order valence-corrected chi connectivity index (χ3v) is 4.85. The summed E-state index contributed by atoms with van der Waals surface area (Å²) in [7, 11) is 0. The summed E-state index contributed by atoms with van der Waals surface area (Å²) >= 11 is 0. The van der Waals surface area contributed by atoms with E-state index >= 15 is 0 Å². The molecule has 3 rings (SSSR count). The molecule has 1 aliphatic heterocycles. The van der Waals surface area contributed by atoms with Gasteiger partial charge in [-0.15, -0.1) is 0 Å². The predicted molar refractivity (Wildman–Crippen MR) is 82.4 cm³/mol. The molecule has 0 saturated heterocycles. The number of nitrogens with zero attached hydrogens (tertiary/aromatic N) is 2. The summed E-state index contributed by atoms with van der Waals surface area (Å²) in [5.74, 6) is -2.11. The summed E-state index contributed by atoms with van der Waals surface area (Å²) in [6.07, 6.45) is -2.34. The van der Waals surface area contributed by atoms with Crippen molar-refractivity contribution in [2.24, 2.45) is 11.0 Å². The number of rotatable bonds is 1. The van der Waals surface area contributed by atoms with Crippen molar-refractivity contribution >= 4 is 11.6 Å². The largest absolute Gasteiger partial charge is 0.439 e. The van der Waals surface area contributed by atoms with Gasteiger partial charge in [0.05, 0.1) is 5.92 Å². The van der Waals surface area contributed by atoms with Gasteiger partial charge >= 0.3 is 6.18 Å². The molecule has 24 heavy (non-hydrogen) atoms. The zero-order valence-corrected chi connectivity index (χ0v) is 13.3. The van der Waals surface area contributed by atoms with Crippen molar-refractivity contribution in [3.63, 3.8) is 0 Å². The van der Waals surface area contributed by atoms with Crippen LogP contribution in [0.5, 0.6) is 0 Å². The highest BCUT2D eigenvalue weighted by molar-refractivity contribution is 6.00. The molecule has 1 aromatic carbocycles. The van der Waals surface area contributed by atoms with E-state index < -0.39 is 23.7 Å². The zero-order chi connectivity index (χ0) is 17.5. The first-order valence-electron chi connectivity index (χ1n) is 8.03. The maximum Gasteiger partial charge on any atom is 0.439 e. The summed E-state index contributed by atoms with van der Waals surface area (Å²) in [6, 6.07) is 6.36. The van der Waals surface area contributed by atoms with Gasteiger partial charge in [-0.05, 0) is 37.8 Å². The van der Waals surface area contributed by atoms with Gasteiger partial charge in [0, 0.05) is 11.3 Å². The van der Waals surface area contributed by atoms with Crippen LogP contribution in [0.3, 0.4) is 0 Å². The Bertz CT molecular complexity index is 687. The molecule has 1 aliphatic carbocycles. The summed E-state index contributed by atoms with van der Waals surface area (Å²) in [5.41, 5.74) is -2.35. The Hall–Kier alpha value is -1.89. The molecule has 0 aromatic heterocycles. The van der Waals surface area contributed by atoms with Crippen LogP contribution in [0.25, 0.3) is 0 Å². The fraction of sp³-hybridized carbons (Fsp3) is 0.529. The molecule has 0 unspecified atom stereocenters. The quantitative estimate of drug-likeness (QED) is 0.849. The van der Waals surface area contributed by atoms with Gasteiger partial charge in [-0.1, -0.05) is 31.0 Å². The van der Waals surface area contributed by atoms with Gasteiger partial charge in [0.1, 0.15) is 0 Å². The second-order valence-electron chi connectivity index (χ2n) is 6.40. The molecule has 1 saturated carbocycles. The SMILES string of the molecule is Cc1ccccc1C(=O)N1N=C2CCCCC[C@H]2[C@@]1(O)C(F)(F)F. The lowest BCUT2D eigenvalue weighted by atomic mass is 9.87. The number of benzene rings is 1. The Morgan fingerprint density at radius 1 is 1.29 bits per heavy atom. The van der Waals surface area contributed by atoms with Crippen LogP contribution in [-0.2, 0) is 0 Å². The average Bonchev–Trinajstić information content (AvgIpc) is 2.68. The third-order valence-electron chi connectivity index (χ3n) is 4.85. The van der Waals surface area contributed by atoms with Gasteiger partial charge in [-0.2, -0.15) is 23.3 Å². The maximum atomic E-state index is 13.8. The molecule has 2 aliphatic rings. The lowest BCUT2D eigenvalue weighted by Crippen LogP contribution is -2.61. The van der Waals surface area contributed by atoms with Crippen LogP contribution in [0.15, 0.2) is 29.4 Å². The zero-order valence-electron chi connectivity index (χ0n) is 13.3. The lowest BCUT2D eigenvalue weighted by Gasteiger charge is -2.37. The Balaban J connectivity index is 2.07. The molecule has 2 atom stereocenters. The number of alkyl halides is 3. The topological polar surface area (TPSA) is 52.9 Å². The van der Waals surface area contributed by atoms with Crippen molar-refractivity contribution in [3.8, 4) is 0 Å². The predicted octanol–water partition coefficient (Wildman–Crippen LogP) is 3.64. The van der Waals surface area contributed by atoms with Crippen LogP contribution in [0.1, 0.15) is 48.0 Å². The van der Waals surface area contributed by atoms with Gasteiger partial charge in [0.2, 0.25) is 0 Å². The number of aryl methyl sites for hydroxylation is 1. The van der Waals surface area contributed by atoms with Crippen molar-refractivity contribution in [3.05, 3.63) is 35.4 Å². The number of hydrogen-bond donors (Lipinski definition) is 1. The Labute approximate surface area is 138 Å². The fourth-order valence-electron chi connectivity index (χ4n) is 3.52. The van der Waals surface area contributed by atoms with Crippen molar-refractivity contribution in [1.82, 2.24) is 5.01 Å². The number of aliphatic hydroxyl groups is 1. The van der Waals surface area contributed by atoms with Crippen LogP contribution in [0.4, 0.5) is 13.2 Å². The Morgan fingerprint density at radius 2 is 2.00 bits per heavy atom. The van der Waals surface area contributed by atoms with Crippen LogP contribution >= 0.6 is 0 Å². The number of carbonyl (C=O) groups is 1. The molecular formula is C17H19F3N2O2. The van der Waals surface area contributed by atoms with E-state index in [0.717, 1.165) is 12.8 Å². The number of amides is 1. The summed E-state index contributed by atoms with van der Waals surface area (Å²) < 4.78 is 41.3. The van der Waals surface area contributed by atoms with E-state index in [1.54, 1.807) is 25.1 Å². The number of hydrazone groups is 1. The summed E-state index contributed by atoms with van der Waals surface area (Å²) in [5, 5.41) is 14.8. The Kier molecular flexibility index (Phi) is 4.15. The highest BCUT2D eigenvalue weighted by atomic mass is 19.4. The smallest absolute Gasteiger partial charge is 0.362 e. The first-order chi connectivity index (χ1) is 11.3. The van der Waals surface area contributed by atoms with Crippen LogP contribution < -0.4 is 0 Å². The van der Waals surface area contributed by atoms with Gasteiger partial charge in [0.25, 0.3) is 11.6 Å². The number of fused-ring (bicyclic) bond motifs is 1. The van der Waals surface area contributed by atoms with Crippen molar-refractivity contribution in [2.45, 2.75) is 50.9 Å². The first-order valence-corrected chi connectivity index (χ1v) is 8.03. The fourth-order valence-corrected chi connectivity index (χ4v) is 3.52. The second-order valence-corrected chi connectivity index (χ2v) is 6.40. The monoisotopic (exact) mass is 340 g/mol. The minimum atomic E-state index is -4.98. The van der Waals surface area contributed by atoms with Crippen LogP contribution in [-0.4, -0.2) is 33.6 Å². The van der Waals surface area contributed by atoms with E-state index in [4.69, 9.17) is 0 Å². The van der Waals surface area contributed by atoms with E-state index in [2.05, 4.69) is 5.10 Å². The molecule has 7 heteroatoms. The molecule has 1 fully saturated rings. The van der Waals surface area contributed by atoms with Crippen LogP contribution in [0.2, 0.25) is 0 Å². The first kappa shape index (κ1) is 17.0.